The maximum atomic E-state index is 6.31. The zero-order valence-electron chi connectivity index (χ0n) is 14.9. The lowest BCUT2D eigenvalue weighted by atomic mass is 9.93. The van der Waals surface area contributed by atoms with Gasteiger partial charge in [-0.25, -0.2) is 9.97 Å². The second-order valence-electron chi connectivity index (χ2n) is 6.81. The summed E-state index contributed by atoms with van der Waals surface area (Å²) in [7, 11) is 0. The van der Waals surface area contributed by atoms with Crippen molar-refractivity contribution in [2.75, 3.05) is 11.1 Å². The molecular weight excluding hydrogens is 326 g/mol. The largest absolute Gasteiger partial charge is 0.490 e. The van der Waals surface area contributed by atoms with Crippen molar-refractivity contribution in [2.24, 2.45) is 0 Å². The minimum atomic E-state index is 0.191. The van der Waals surface area contributed by atoms with Gasteiger partial charge in [0.25, 0.3) is 0 Å². The highest BCUT2D eigenvalue weighted by Gasteiger charge is 2.23. The van der Waals surface area contributed by atoms with E-state index >= 15 is 0 Å². The molecule has 6 nitrogen and oxygen atoms in total. The summed E-state index contributed by atoms with van der Waals surface area (Å²) in [5.41, 5.74) is 8.75. The van der Waals surface area contributed by atoms with Crippen LogP contribution in [0.2, 0.25) is 0 Å². The second-order valence-corrected chi connectivity index (χ2v) is 6.81. The van der Waals surface area contributed by atoms with Gasteiger partial charge < -0.3 is 15.8 Å². The van der Waals surface area contributed by atoms with Crippen molar-refractivity contribution in [1.29, 1.82) is 0 Å². The molecular formula is C20H23N5O. The van der Waals surface area contributed by atoms with E-state index in [1.165, 1.54) is 0 Å². The molecule has 2 aromatic heterocycles. The predicted octanol–water partition coefficient (Wildman–Crippen LogP) is 3.72. The van der Waals surface area contributed by atoms with Crippen LogP contribution < -0.4 is 15.8 Å². The number of aryl methyl sites for hydroxylation is 1. The third kappa shape index (κ3) is 3.54. The van der Waals surface area contributed by atoms with Gasteiger partial charge in [0.2, 0.25) is 5.95 Å². The molecule has 4 rings (SSSR count). The van der Waals surface area contributed by atoms with E-state index in [2.05, 4.69) is 20.3 Å². The van der Waals surface area contributed by atoms with Crippen LogP contribution in [0.4, 0.5) is 11.6 Å². The molecule has 134 valence electrons. The second kappa shape index (κ2) is 7.15. The number of pyridine rings is 1. The minimum Gasteiger partial charge on any atom is -0.490 e. The molecule has 0 atom stereocenters. The van der Waals surface area contributed by atoms with Gasteiger partial charge >= 0.3 is 0 Å². The number of hydrogen-bond acceptors (Lipinski definition) is 6. The first kappa shape index (κ1) is 16.6. The molecule has 3 N–H and O–H groups in total. The van der Waals surface area contributed by atoms with Crippen molar-refractivity contribution >= 4 is 22.5 Å². The summed E-state index contributed by atoms with van der Waals surface area (Å²) < 4.78 is 6.31. The average Bonchev–Trinajstić information content (AvgIpc) is 2.64. The molecule has 3 aromatic rings. The topological polar surface area (TPSA) is 86.0 Å². The van der Waals surface area contributed by atoms with Crippen LogP contribution in [0.15, 0.2) is 42.7 Å². The van der Waals surface area contributed by atoms with Crippen molar-refractivity contribution in [2.45, 2.75) is 44.8 Å². The first-order valence-electron chi connectivity index (χ1n) is 9.05. The minimum absolute atomic E-state index is 0.191. The predicted molar refractivity (Wildman–Crippen MR) is 103 cm³/mol. The molecule has 1 aliphatic rings. The number of aromatic nitrogens is 3. The summed E-state index contributed by atoms with van der Waals surface area (Å²) in [6.07, 6.45) is 7.73. The van der Waals surface area contributed by atoms with E-state index in [4.69, 9.17) is 10.5 Å². The number of rotatable bonds is 4. The van der Waals surface area contributed by atoms with E-state index in [0.717, 1.165) is 53.7 Å². The molecule has 1 saturated carbocycles. The fourth-order valence-electron chi connectivity index (χ4n) is 3.58. The summed E-state index contributed by atoms with van der Waals surface area (Å²) in [6, 6.07) is 10.0. The number of anilines is 2. The number of benzene rings is 1. The van der Waals surface area contributed by atoms with E-state index in [-0.39, 0.29) is 6.10 Å². The van der Waals surface area contributed by atoms with Crippen molar-refractivity contribution in [3.8, 4) is 5.75 Å². The highest BCUT2D eigenvalue weighted by atomic mass is 16.5. The Morgan fingerprint density at radius 3 is 2.62 bits per heavy atom. The summed E-state index contributed by atoms with van der Waals surface area (Å²) in [5, 5.41) is 4.32. The molecule has 0 unspecified atom stereocenters. The van der Waals surface area contributed by atoms with Crippen LogP contribution in [-0.2, 0) is 0 Å². The van der Waals surface area contributed by atoms with Crippen molar-refractivity contribution in [1.82, 2.24) is 15.0 Å². The zero-order chi connectivity index (χ0) is 17.9. The van der Waals surface area contributed by atoms with Crippen molar-refractivity contribution < 1.29 is 4.74 Å². The average molecular weight is 349 g/mol. The molecule has 0 amide bonds. The molecule has 1 aliphatic carbocycles. The molecule has 2 heterocycles. The molecule has 0 saturated heterocycles. The zero-order valence-corrected chi connectivity index (χ0v) is 14.9. The molecule has 6 heteroatoms. The molecule has 0 aliphatic heterocycles. The first-order valence-corrected chi connectivity index (χ1v) is 9.05. The fourth-order valence-corrected chi connectivity index (χ4v) is 3.58. The van der Waals surface area contributed by atoms with Gasteiger partial charge in [-0.05, 0) is 56.9 Å². The first-order chi connectivity index (χ1) is 12.7. The molecule has 0 bridgehead atoms. The molecule has 0 spiro atoms. The summed E-state index contributed by atoms with van der Waals surface area (Å²) in [5.74, 6) is 1.52. The van der Waals surface area contributed by atoms with Gasteiger partial charge in [0.1, 0.15) is 5.75 Å². The third-order valence-electron chi connectivity index (χ3n) is 4.82. The Labute approximate surface area is 152 Å². The Morgan fingerprint density at radius 1 is 1.08 bits per heavy atom. The van der Waals surface area contributed by atoms with Crippen LogP contribution >= 0.6 is 0 Å². The number of nitrogens with zero attached hydrogens (tertiary/aromatic N) is 3. The van der Waals surface area contributed by atoms with Gasteiger partial charge in [-0.3, -0.25) is 4.98 Å². The van der Waals surface area contributed by atoms with Crippen LogP contribution in [0.1, 0.15) is 31.4 Å². The van der Waals surface area contributed by atoms with Crippen molar-refractivity contribution in [3.63, 3.8) is 0 Å². The fraction of sp³-hybridized carbons (Fsp3) is 0.350. The van der Waals surface area contributed by atoms with Gasteiger partial charge in [0.05, 0.1) is 17.0 Å². The number of ether oxygens (including phenoxy) is 1. The SMILES string of the molecule is Cc1cc(N)c2c(O[C@H]3CC[C@H](Nc4ncccn4)CC3)cccc2n1. The number of nitrogens with two attached hydrogens (primary N) is 1. The molecule has 1 aromatic carbocycles. The number of fused-ring (bicyclic) bond motifs is 1. The monoisotopic (exact) mass is 349 g/mol. The lowest BCUT2D eigenvalue weighted by Gasteiger charge is -2.29. The highest BCUT2D eigenvalue weighted by molar-refractivity contribution is 5.95. The Hall–Kier alpha value is -2.89. The van der Waals surface area contributed by atoms with Gasteiger partial charge in [-0.1, -0.05) is 6.07 Å². The third-order valence-corrected chi connectivity index (χ3v) is 4.82. The number of nitrogen functional groups attached to an aromatic ring is 1. The van der Waals surface area contributed by atoms with Crippen LogP contribution in [0.25, 0.3) is 10.9 Å². The smallest absolute Gasteiger partial charge is 0.222 e. The molecule has 1 fully saturated rings. The maximum absolute atomic E-state index is 6.31. The highest BCUT2D eigenvalue weighted by Crippen LogP contribution is 2.33. The lowest BCUT2D eigenvalue weighted by Crippen LogP contribution is -2.31. The van der Waals surface area contributed by atoms with Crippen LogP contribution in [0.3, 0.4) is 0 Å². The quantitative estimate of drug-likeness (QED) is 0.747. The van der Waals surface area contributed by atoms with E-state index in [1.54, 1.807) is 12.4 Å². The van der Waals surface area contributed by atoms with Gasteiger partial charge in [0.15, 0.2) is 0 Å². The summed E-state index contributed by atoms with van der Waals surface area (Å²) in [4.78, 5) is 13.0. The standard InChI is InChI=1S/C20H23N5O/c1-13-12-16(21)19-17(24-13)4-2-5-18(19)26-15-8-6-14(7-9-15)25-20-22-10-3-11-23-20/h2-5,10-12,14-15H,6-9H2,1H3,(H2,21,24)(H,22,23,25)/t14-,15-. The Bertz CT molecular complexity index is 891. The van der Waals surface area contributed by atoms with Gasteiger partial charge in [-0.15, -0.1) is 0 Å². The van der Waals surface area contributed by atoms with E-state index < -0.39 is 0 Å². The summed E-state index contributed by atoms with van der Waals surface area (Å²) >= 11 is 0. The Balaban J connectivity index is 1.43. The Morgan fingerprint density at radius 2 is 1.85 bits per heavy atom. The lowest BCUT2D eigenvalue weighted by molar-refractivity contribution is 0.152. The van der Waals surface area contributed by atoms with Gasteiger partial charge in [-0.2, -0.15) is 0 Å². The van der Waals surface area contributed by atoms with E-state index in [9.17, 15) is 0 Å². The van der Waals surface area contributed by atoms with E-state index in [1.807, 2.05) is 37.3 Å². The molecule has 0 radical (unpaired) electrons. The summed E-state index contributed by atoms with van der Waals surface area (Å²) in [6.45, 7) is 1.95. The van der Waals surface area contributed by atoms with E-state index in [0.29, 0.717) is 12.0 Å². The normalized spacial score (nSPS) is 20.0. The van der Waals surface area contributed by atoms with Crippen LogP contribution in [0, 0.1) is 6.92 Å². The van der Waals surface area contributed by atoms with Crippen LogP contribution in [-0.4, -0.2) is 27.1 Å². The van der Waals surface area contributed by atoms with Gasteiger partial charge in [0, 0.05) is 29.8 Å². The maximum Gasteiger partial charge on any atom is 0.222 e. The number of nitrogens with one attached hydrogen (secondary N) is 1. The number of hydrogen-bond donors (Lipinski definition) is 2. The van der Waals surface area contributed by atoms with Crippen molar-refractivity contribution in [3.05, 3.63) is 48.4 Å². The van der Waals surface area contributed by atoms with Crippen LogP contribution in [0.5, 0.6) is 5.75 Å². The Kier molecular flexibility index (Phi) is 4.56. The molecule has 26 heavy (non-hydrogen) atoms.